The van der Waals surface area contributed by atoms with Crippen molar-refractivity contribution in [3.05, 3.63) is 65.0 Å². The Labute approximate surface area is 152 Å². The lowest BCUT2D eigenvalue weighted by molar-refractivity contribution is 0.477. The van der Waals surface area contributed by atoms with Gasteiger partial charge in [-0.3, -0.25) is 4.79 Å². The summed E-state index contributed by atoms with van der Waals surface area (Å²) in [6.45, 7) is 3.90. The molecule has 0 aliphatic heterocycles. The van der Waals surface area contributed by atoms with Gasteiger partial charge in [0.05, 0.1) is 16.7 Å². The number of hydrogen-bond acceptors (Lipinski definition) is 5. The molecule has 0 spiro atoms. The highest BCUT2D eigenvalue weighted by atomic mass is 32.2. The summed E-state index contributed by atoms with van der Waals surface area (Å²) in [7, 11) is -3.68. The van der Waals surface area contributed by atoms with Gasteiger partial charge in [-0.1, -0.05) is 44.2 Å². The third-order valence-electron chi connectivity index (χ3n) is 4.00. The minimum absolute atomic E-state index is 0.0560. The van der Waals surface area contributed by atoms with Crippen LogP contribution in [0.25, 0.3) is 22.1 Å². The lowest BCUT2D eigenvalue weighted by Crippen LogP contribution is -2.15. The average Bonchev–Trinajstić information content (AvgIpc) is 2.61. The van der Waals surface area contributed by atoms with Crippen LogP contribution in [0, 0.1) is 5.92 Å². The second kappa shape index (κ2) is 7.33. The van der Waals surface area contributed by atoms with Gasteiger partial charge in [-0.15, -0.1) is 0 Å². The van der Waals surface area contributed by atoms with Crippen LogP contribution >= 0.6 is 0 Å². The van der Waals surface area contributed by atoms with Crippen molar-refractivity contribution in [1.29, 1.82) is 0 Å². The first-order chi connectivity index (χ1) is 12.4. The van der Waals surface area contributed by atoms with Crippen molar-refractivity contribution in [3.63, 3.8) is 0 Å². The molecule has 5 nitrogen and oxygen atoms in total. The molecular weight excluding hydrogens is 352 g/mol. The van der Waals surface area contributed by atoms with Crippen LogP contribution in [0.15, 0.2) is 64.0 Å². The smallest absolute Gasteiger partial charge is 0.309 e. The van der Waals surface area contributed by atoms with Crippen molar-refractivity contribution in [2.75, 3.05) is 5.75 Å². The minimum atomic E-state index is -3.68. The van der Waals surface area contributed by atoms with E-state index in [1.165, 1.54) is 24.5 Å². The number of fused-ring (bicyclic) bond motifs is 1. The van der Waals surface area contributed by atoms with Crippen molar-refractivity contribution in [2.24, 2.45) is 5.92 Å². The average molecular weight is 372 g/mol. The van der Waals surface area contributed by atoms with E-state index in [0.717, 1.165) is 5.56 Å². The standard InChI is InChI=1S/C20H20O5S/c1-14(2)10-11-26(22,23)25-16-8-9-17-19(12-16)24-13-18(20(17)21)15-6-4-3-5-7-15/h3-9,12-14H,10-11H2,1-2H3. The molecule has 3 aromatic rings. The maximum atomic E-state index is 12.7. The molecule has 2 aromatic carbocycles. The van der Waals surface area contributed by atoms with Crippen LogP contribution in [0.5, 0.6) is 5.75 Å². The minimum Gasteiger partial charge on any atom is -0.463 e. The predicted molar refractivity (Wildman–Crippen MR) is 102 cm³/mol. The fourth-order valence-corrected chi connectivity index (χ4v) is 3.79. The van der Waals surface area contributed by atoms with Gasteiger partial charge in [0, 0.05) is 6.07 Å². The van der Waals surface area contributed by atoms with Crippen LogP contribution in [0.2, 0.25) is 0 Å². The highest BCUT2D eigenvalue weighted by Gasteiger charge is 2.15. The summed E-state index contributed by atoms with van der Waals surface area (Å²) in [5, 5.41) is 0.373. The van der Waals surface area contributed by atoms with Gasteiger partial charge < -0.3 is 8.60 Å². The fourth-order valence-electron chi connectivity index (χ4n) is 2.55. The summed E-state index contributed by atoms with van der Waals surface area (Å²) in [5.74, 6) is 0.343. The summed E-state index contributed by atoms with van der Waals surface area (Å²) in [6, 6.07) is 13.7. The van der Waals surface area contributed by atoms with Gasteiger partial charge in [0.15, 0.2) is 5.43 Å². The number of rotatable bonds is 6. The van der Waals surface area contributed by atoms with Crippen molar-refractivity contribution < 1.29 is 17.0 Å². The monoisotopic (exact) mass is 372 g/mol. The molecule has 3 rings (SSSR count). The van der Waals surface area contributed by atoms with E-state index in [1.807, 2.05) is 44.2 Å². The SMILES string of the molecule is CC(C)CCS(=O)(=O)Oc1ccc2c(=O)c(-c3ccccc3)coc2c1. The largest absolute Gasteiger partial charge is 0.463 e. The van der Waals surface area contributed by atoms with Crippen LogP contribution < -0.4 is 9.61 Å². The van der Waals surface area contributed by atoms with E-state index in [9.17, 15) is 13.2 Å². The Morgan fingerprint density at radius 1 is 1.08 bits per heavy atom. The van der Waals surface area contributed by atoms with Crippen LogP contribution in [0.4, 0.5) is 0 Å². The Balaban J connectivity index is 1.92. The van der Waals surface area contributed by atoms with Gasteiger partial charge in [0.2, 0.25) is 0 Å². The van der Waals surface area contributed by atoms with Gasteiger partial charge in [0.25, 0.3) is 0 Å². The van der Waals surface area contributed by atoms with Crippen molar-refractivity contribution >= 4 is 21.1 Å². The summed E-state index contributed by atoms with van der Waals surface area (Å²) >= 11 is 0. The molecule has 0 bridgehead atoms. The van der Waals surface area contributed by atoms with Gasteiger partial charge >= 0.3 is 10.1 Å². The Kier molecular flexibility index (Phi) is 5.13. The topological polar surface area (TPSA) is 73.6 Å². The fraction of sp³-hybridized carbons (Fsp3) is 0.250. The molecule has 1 aromatic heterocycles. The molecule has 6 heteroatoms. The third-order valence-corrected chi connectivity index (χ3v) is 5.18. The molecule has 0 saturated heterocycles. The summed E-state index contributed by atoms with van der Waals surface area (Å²) in [6.07, 6.45) is 1.91. The lowest BCUT2D eigenvalue weighted by Gasteiger charge is -2.09. The predicted octanol–water partition coefficient (Wildman–Crippen LogP) is 4.21. The molecule has 0 saturated carbocycles. The highest BCUT2D eigenvalue weighted by Crippen LogP contribution is 2.24. The molecule has 136 valence electrons. The zero-order valence-electron chi connectivity index (χ0n) is 14.6. The van der Waals surface area contributed by atoms with Gasteiger partial charge in [-0.05, 0) is 30.0 Å². The molecule has 0 radical (unpaired) electrons. The van der Waals surface area contributed by atoms with E-state index in [2.05, 4.69) is 0 Å². The van der Waals surface area contributed by atoms with Crippen molar-refractivity contribution in [2.45, 2.75) is 20.3 Å². The summed E-state index contributed by atoms with van der Waals surface area (Å²) < 4.78 is 34.7. The third kappa shape index (κ3) is 4.14. The van der Waals surface area contributed by atoms with Crippen LogP contribution in [0.1, 0.15) is 20.3 Å². The number of benzene rings is 2. The normalized spacial score (nSPS) is 11.8. The second-order valence-corrected chi connectivity index (χ2v) is 8.22. The highest BCUT2D eigenvalue weighted by molar-refractivity contribution is 7.87. The molecule has 0 aliphatic rings. The summed E-state index contributed by atoms with van der Waals surface area (Å²) in [4.78, 5) is 12.7. The first-order valence-corrected chi connectivity index (χ1v) is 9.96. The molecule has 0 atom stereocenters. The zero-order valence-corrected chi connectivity index (χ0v) is 15.5. The Bertz CT molecular complexity index is 1070. The first-order valence-electron chi connectivity index (χ1n) is 8.39. The lowest BCUT2D eigenvalue weighted by atomic mass is 10.1. The van der Waals surface area contributed by atoms with E-state index in [0.29, 0.717) is 17.4 Å². The Hall–Kier alpha value is -2.60. The summed E-state index contributed by atoms with van der Waals surface area (Å²) in [5.41, 5.74) is 1.33. The molecule has 0 fully saturated rings. The van der Waals surface area contributed by atoms with E-state index < -0.39 is 10.1 Å². The van der Waals surface area contributed by atoms with Crippen molar-refractivity contribution in [1.82, 2.24) is 0 Å². The van der Waals surface area contributed by atoms with E-state index in [4.69, 9.17) is 8.60 Å². The van der Waals surface area contributed by atoms with Crippen molar-refractivity contribution in [3.8, 4) is 16.9 Å². The molecule has 0 aliphatic carbocycles. The molecular formula is C20H20O5S. The molecule has 0 N–H and O–H groups in total. The Morgan fingerprint density at radius 3 is 2.50 bits per heavy atom. The van der Waals surface area contributed by atoms with Crippen LogP contribution in [-0.4, -0.2) is 14.2 Å². The molecule has 0 unspecified atom stereocenters. The maximum Gasteiger partial charge on any atom is 0.309 e. The second-order valence-electron chi connectivity index (χ2n) is 6.53. The van der Waals surface area contributed by atoms with Gasteiger partial charge in [0.1, 0.15) is 17.6 Å². The van der Waals surface area contributed by atoms with E-state index >= 15 is 0 Å². The van der Waals surface area contributed by atoms with E-state index in [1.54, 1.807) is 0 Å². The van der Waals surface area contributed by atoms with Crippen LogP contribution in [0.3, 0.4) is 0 Å². The first kappa shape index (κ1) is 18.2. The molecule has 1 heterocycles. The zero-order chi connectivity index (χ0) is 18.7. The van der Waals surface area contributed by atoms with E-state index in [-0.39, 0.29) is 28.4 Å². The maximum absolute atomic E-state index is 12.7. The van der Waals surface area contributed by atoms with Crippen LogP contribution in [-0.2, 0) is 10.1 Å². The van der Waals surface area contributed by atoms with Gasteiger partial charge in [-0.25, -0.2) is 0 Å². The quantitative estimate of drug-likeness (QED) is 0.606. The Morgan fingerprint density at radius 2 is 1.81 bits per heavy atom. The van der Waals surface area contributed by atoms with Gasteiger partial charge in [-0.2, -0.15) is 8.42 Å². The molecule has 26 heavy (non-hydrogen) atoms. The molecule has 0 amide bonds. The number of hydrogen-bond donors (Lipinski definition) is 0.